The standard InChI is InChI=1S/C22H27N3O/c1-3-19-9-6-7-13-24(19)22(26)18-11-12-21(23-15-18)25-16(2)14-17-8-4-5-10-20(17)25/h4-5,8,10-12,15-16,19H,3,6-7,9,13-14H2,1-2H3. The molecule has 26 heavy (non-hydrogen) atoms. The van der Waals surface area contributed by atoms with Gasteiger partial charge in [0.1, 0.15) is 5.82 Å². The Morgan fingerprint density at radius 3 is 2.81 bits per heavy atom. The molecule has 0 aliphatic carbocycles. The number of carbonyl (C=O) groups is 1. The van der Waals surface area contributed by atoms with Gasteiger partial charge in [-0.1, -0.05) is 25.1 Å². The fourth-order valence-corrected chi connectivity index (χ4v) is 4.43. The zero-order chi connectivity index (χ0) is 18.1. The van der Waals surface area contributed by atoms with Crippen LogP contribution in [0.4, 0.5) is 11.5 Å². The summed E-state index contributed by atoms with van der Waals surface area (Å²) < 4.78 is 0. The molecular formula is C22H27N3O. The number of rotatable bonds is 3. The van der Waals surface area contributed by atoms with E-state index in [4.69, 9.17) is 0 Å². The fourth-order valence-electron chi connectivity index (χ4n) is 4.43. The SMILES string of the molecule is CCC1CCCCN1C(=O)c1ccc(N2c3ccccc3CC2C)nc1. The molecule has 2 aromatic rings. The zero-order valence-corrected chi connectivity index (χ0v) is 15.7. The van der Waals surface area contributed by atoms with Crippen molar-refractivity contribution in [3.8, 4) is 0 Å². The van der Waals surface area contributed by atoms with E-state index in [0.717, 1.165) is 38.0 Å². The molecule has 0 bridgehead atoms. The Bertz CT molecular complexity index is 786. The maximum Gasteiger partial charge on any atom is 0.255 e. The predicted molar refractivity (Wildman–Crippen MR) is 105 cm³/mol. The van der Waals surface area contributed by atoms with Gasteiger partial charge in [0.25, 0.3) is 5.91 Å². The molecule has 2 aliphatic heterocycles. The number of amides is 1. The summed E-state index contributed by atoms with van der Waals surface area (Å²) in [6.07, 6.45) is 7.27. The highest BCUT2D eigenvalue weighted by Gasteiger charge is 2.29. The van der Waals surface area contributed by atoms with Crippen LogP contribution < -0.4 is 4.90 Å². The van der Waals surface area contributed by atoms with Gasteiger partial charge >= 0.3 is 0 Å². The van der Waals surface area contributed by atoms with E-state index >= 15 is 0 Å². The molecule has 4 rings (SSSR count). The van der Waals surface area contributed by atoms with Crippen molar-refractivity contribution in [2.45, 2.75) is 58.0 Å². The van der Waals surface area contributed by atoms with E-state index in [1.54, 1.807) is 6.20 Å². The van der Waals surface area contributed by atoms with E-state index in [2.05, 4.69) is 48.0 Å². The lowest BCUT2D eigenvalue weighted by atomic mass is 9.99. The first kappa shape index (κ1) is 17.1. The number of benzene rings is 1. The maximum atomic E-state index is 12.9. The normalized spacial score (nSPS) is 22.4. The second-order valence-electron chi connectivity index (χ2n) is 7.51. The van der Waals surface area contributed by atoms with Crippen LogP contribution in [0.3, 0.4) is 0 Å². The minimum Gasteiger partial charge on any atom is -0.336 e. The number of hydrogen-bond acceptors (Lipinski definition) is 3. The van der Waals surface area contributed by atoms with Crippen molar-refractivity contribution in [3.05, 3.63) is 53.7 Å². The molecule has 0 saturated carbocycles. The lowest BCUT2D eigenvalue weighted by Crippen LogP contribution is -2.43. The summed E-state index contributed by atoms with van der Waals surface area (Å²) in [5, 5.41) is 0. The zero-order valence-electron chi connectivity index (χ0n) is 15.7. The van der Waals surface area contributed by atoms with Crippen molar-refractivity contribution >= 4 is 17.4 Å². The molecule has 0 N–H and O–H groups in total. The van der Waals surface area contributed by atoms with Crippen LogP contribution in [-0.4, -0.2) is 34.4 Å². The fraction of sp³-hybridized carbons (Fsp3) is 0.455. The van der Waals surface area contributed by atoms with Gasteiger partial charge < -0.3 is 9.80 Å². The summed E-state index contributed by atoms with van der Waals surface area (Å²) in [7, 11) is 0. The molecule has 1 fully saturated rings. The molecule has 3 heterocycles. The summed E-state index contributed by atoms with van der Waals surface area (Å²) in [4.78, 5) is 21.9. The van der Waals surface area contributed by atoms with E-state index in [-0.39, 0.29) is 5.91 Å². The highest BCUT2D eigenvalue weighted by Crippen LogP contribution is 2.37. The van der Waals surface area contributed by atoms with E-state index < -0.39 is 0 Å². The number of anilines is 2. The Hall–Kier alpha value is -2.36. The third-order valence-electron chi connectivity index (χ3n) is 5.81. The Kier molecular flexibility index (Phi) is 4.66. The number of likely N-dealkylation sites (tertiary alicyclic amines) is 1. The lowest BCUT2D eigenvalue weighted by molar-refractivity contribution is 0.0607. The van der Waals surface area contributed by atoms with Crippen LogP contribution in [0.15, 0.2) is 42.6 Å². The minimum absolute atomic E-state index is 0.130. The Morgan fingerprint density at radius 1 is 1.19 bits per heavy atom. The molecule has 2 atom stereocenters. The van der Waals surface area contributed by atoms with E-state index in [0.29, 0.717) is 17.6 Å². The third kappa shape index (κ3) is 2.98. The number of carbonyl (C=O) groups excluding carboxylic acids is 1. The first-order chi connectivity index (χ1) is 12.7. The van der Waals surface area contributed by atoms with Crippen LogP contribution in [-0.2, 0) is 6.42 Å². The van der Waals surface area contributed by atoms with Crippen LogP contribution in [0.25, 0.3) is 0 Å². The molecule has 1 aromatic heterocycles. The average molecular weight is 349 g/mol. The van der Waals surface area contributed by atoms with Gasteiger partial charge in [-0.05, 0) is 62.8 Å². The maximum absolute atomic E-state index is 12.9. The summed E-state index contributed by atoms with van der Waals surface area (Å²) in [6, 6.07) is 13.2. The molecule has 1 amide bonds. The Labute approximate surface area is 155 Å². The van der Waals surface area contributed by atoms with E-state index in [9.17, 15) is 4.79 Å². The quantitative estimate of drug-likeness (QED) is 0.814. The number of nitrogens with zero attached hydrogens (tertiary/aromatic N) is 3. The topological polar surface area (TPSA) is 36.4 Å². The number of hydrogen-bond donors (Lipinski definition) is 0. The second kappa shape index (κ2) is 7.10. The predicted octanol–water partition coefficient (Wildman–Crippen LogP) is 4.57. The number of aromatic nitrogens is 1. The van der Waals surface area contributed by atoms with Crippen molar-refractivity contribution < 1.29 is 4.79 Å². The van der Waals surface area contributed by atoms with Gasteiger partial charge in [0.05, 0.1) is 5.56 Å². The first-order valence-electron chi connectivity index (χ1n) is 9.83. The van der Waals surface area contributed by atoms with Crippen molar-refractivity contribution in [2.75, 3.05) is 11.4 Å². The Balaban J connectivity index is 1.56. The second-order valence-corrected chi connectivity index (χ2v) is 7.51. The number of fused-ring (bicyclic) bond motifs is 1. The summed E-state index contributed by atoms with van der Waals surface area (Å²) >= 11 is 0. The molecule has 4 heteroatoms. The molecule has 4 nitrogen and oxygen atoms in total. The monoisotopic (exact) mass is 349 g/mol. The average Bonchev–Trinajstić information content (AvgIpc) is 3.03. The van der Waals surface area contributed by atoms with Gasteiger partial charge in [-0.3, -0.25) is 4.79 Å². The summed E-state index contributed by atoms with van der Waals surface area (Å²) in [5.74, 6) is 1.05. The first-order valence-corrected chi connectivity index (χ1v) is 9.83. The van der Waals surface area contributed by atoms with Crippen LogP contribution in [0.1, 0.15) is 55.5 Å². The van der Waals surface area contributed by atoms with Gasteiger partial charge in [-0.15, -0.1) is 0 Å². The van der Waals surface area contributed by atoms with Gasteiger partial charge in [0.2, 0.25) is 0 Å². The molecule has 1 aromatic carbocycles. The highest BCUT2D eigenvalue weighted by molar-refractivity contribution is 5.94. The van der Waals surface area contributed by atoms with Crippen molar-refractivity contribution in [3.63, 3.8) is 0 Å². The molecule has 136 valence electrons. The summed E-state index contributed by atoms with van der Waals surface area (Å²) in [6.45, 7) is 5.26. The van der Waals surface area contributed by atoms with Gasteiger partial charge in [-0.2, -0.15) is 0 Å². The highest BCUT2D eigenvalue weighted by atomic mass is 16.2. The van der Waals surface area contributed by atoms with E-state index in [1.807, 2.05) is 17.0 Å². The van der Waals surface area contributed by atoms with Crippen molar-refractivity contribution in [2.24, 2.45) is 0 Å². The molecule has 1 saturated heterocycles. The minimum atomic E-state index is 0.130. The van der Waals surface area contributed by atoms with Crippen molar-refractivity contribution in [1.82, 2.24) is 9.88 Å². The molecule has 2 aliphatic rings. The van der Waals surface area contributed by atoms with Crippen LogP contribution in [0.5, 0.6) is 0 Å². The van der Waals surface area contributed by atoms with Gasteiger partial charge in [0, 0.05) is 30.5 Å². The molecular weight excluding hydrogens is 322 g/mol. The van der Waals surface area contributed by atoms with Crippen molar-refractivity contribution in [1.29, 1.82) is 0 Å². The smallest absolute Gasteiger partial charge is 0.255 e. The van der Waals surface area contributed by atoms with Gasteiger partial charge in [0.15, 0.2) is 0 Å². The van der Waals surface area contributed by atoms with Crippen LogP contribution in [0, 0.1) is 0 Å². The molecule has 0 spiro atoms. The number of para-hydroxylation sites is 1. The number of pyridine rings is 1. The lowest BCUT2D eigenvalue weighted by Gasteiger charge is -2.35. The third-order valence-corrected chi connectivity index (χ3v) is 5.81. The van der Waals surface area contributed by atoms with Crippen LogP contribution in [0.2, 0.25) is 0 Å². The molecule has 2 unspecified atom stereocenters. The summed E-state index contributed by atoms with van der Waals surface area (Å²) in [5.41, 5.74) is 3.30. The Morgan fingerprint density at radius 2 is 2.04 bits per heavy atom. The molecule has 0 radical (unpaired) electrons. The largest absolute Gasteiger partial charge is 0.336 e. The number of piperidine rings is 1. The van der Waals surface area contributed by atoms with Gasteiger partial charge in [-0.25, -0.2) is 4.98 Å². The van der Waals surface area contributed by atoms with Crippen LogP contribution >= 0.6 is 0 Å². The van der Waals surface area contributed by atoms with E-state index in [1.165, 1.54) is 17.7 Å².